The van der Waals surface area contributed by atoms with Crippen molar-refractivity contribution in [1.29, 1.82) is 0 Å². The van der Waals surface area contributed by atoms with Crippen LogP contribution in [0.5, 0.6) is 0 Å². The predicted molar refractivity (Wildman–Crippen MR) is 74.4 cm³/mol. The Morgan fingerprint density at radius 2 is 1.88 bits per heavy atom. The van der Waals surface area contributed by atoms with Gasteiger partial charge in [0.1, 0.15) is 0 Å². The van der Waals surface area contributed by atoms with Crippen molar-refractivity contribution in [1.82, 2.24) is 4.90 Å². The first-order valence-electron chi connectivity index (χ1n) is 7.08. The summed E-state index contributed by atoms with van der Waals surface area (Å²) in [6, 6.07) is 0.999. The maximum atomic E-state index is 12.4. The molecule has 1 heterocycles. The molecule has 1 saturated carbocycles. The molecule has 17 heavy (non-hydrogen) atoms. The number of carbonyl (C=O) groups is 1. The van der Waals surface area contributed by atoms with Crippen LogP contribution in [0.15, 0.2) is 0 Å². The van der Waals surface area contributed by atoms with Gasteiger partial charge in [0.2, 0.25) is 0 Å². The standard InChI is InChI=1S/C14H25NOS/c1-10(2)17-14(16)15-11(3)8-9-12-6-4-5-7-13(12)15/h10-13H,4-9H2,1-3H3. The highest BCUT2D eigenvalue weighted by molar-refractivity contribution is 8.14. The average Bonchev–Trinajstić information content (AvgIpc) is 2.27. The average molecular weight is 255 g/mol. The smallest absolute Gasteiger partial charge is 0.282 e. The van der Waals surface area contributed by atoms with Crippen LogP contribution in [-0.2, 0) is 0 Å². The van der Waals surface area contributed by atoms with Crippen molar-refractivity contribution in [3.05, 3.63) is 0 Å². The van der Waals surface area contributed by atoms with Crippen molar-refractivity contribution in [3.63, 3.8) is 0 Å². The molecule has 3 unspecified atom stereocenters. The van der Waals surface area contributed by atoms with Crippen LogP contribution in [0.1, 0.15) is 59.3 Å². The molecule has 0 aromatic heterocycles. The molecular formula is C14H25NOS. The largest absolute Gasteiger partial charge is 0.328 e. The first kappa shape index (κ1) is 13.3. The number of thioether (sulfide) groups is 1. The molecule has 1 amide bonds. The van der Waals surface area contributed by atoms with Gasteiger partial charge in [0, 0.05) is 17.3 Å². The van der Waals surface area contributed by atoms with Crippen molar-refractivity contribution in [2.24, 2.45) is 5.92 Å². The summed E-state index contributed by atoms with van der Waals surface area (Å²) in [7, 11) is 0. The van der Waals surface area contributed by atoms with Gasteiger partial charge in [0.15, 0.2) is 0 Å². The number of rotatable bonds is 1. The molecule has 2 rings (SSSR count). The van der Waals surface area contributed by atoms with E-state index < -0.39 is 0 Å². The Hall–Kier alpha value is -0.180. The van der Waals surface area contributed by atoms with Gasteiger partial charge in [0.05, 0.1) is 0 Å². The van der Waals surface area contributed by atoms with Gasteiger partial charge in [-0.3, -0.25) is 4.79 Å². The molecule has 0 spiro atoms. The molecule has 3 atom stereocenters. The molecule has 0 bridgehead atoms. The maximum absolute atomic E-state index is 12.4. The van der Waals surface area contributed by atoms with Crippen LogP contribution in [0.25, 0.3) is 0 Å². The van der Waals surface area contributed by atoms with Crippen molar-refractivity contribution >= 4 is 17.0 Å². The lowest BCUT2D eigenvalue weighted by molar-refractivity contribution is 0.0624. The number of nitrogens with zero attached hydrogens (tertiary/aromatic N) is 1. The molecule has 0 aromatic carbocycles. The molecule has 3 heteroatoms. The van der Waals surface area contributed by atoms with Crippen molar-refractivity contribution < 1.29 is 4.79 Å². The molecule has 0 radical (unpaired) electrons. The van der Waals surface area contributed by atoms with E-state index >= 15 is 0 Å². The molecule has 0 aromatic rings. The lowest BCUT2D eigenvalue weighted by Gasteiger charge is -2.47. The van der Waals surface area contributed by atoms with Gasteiger partial charge in [-0.2, -0.15) is 0 Å². The minimum absolute atomic E-state index is 0.323. The van der Waals surface area contributed by atoms with Gasteiger partial charge in [-0.05, 0) is 38.5 Å². The van der Waals surface area contributed by atoms with Crippen LogP contribution >= 0.6 is 11.8 Å². The lowest BCUT2D eigenvalue weighted by atomic mass is 9.77. The Labute approximate surface area is 110 Å². The molecule has 0 N–H and O–H groups in total. The molecule has 1 aliphatic carbocycles. The fourth-order valence-corrected chi connectivity index (χ4v) is 4.23. The highest BCUT2D eigenvalue weighted by Crippen LogP contribution is 2.39. The number of fused-ring (bicyclic) bond motifs is 1. The van der Waals surface area contributed by atoms with Crippen LogP contribution in [0.4, 0.5) is 4.79 Å². The quantitative estimate of drug-likeness (QED) is 0.696. The highest BCUT2D eigenvalue weighted by Gasteiger charge is 2.39. The van der Waals surface area contributed by atoms with Crippen molar-refractivity contribution in [3.8, 4) is 0 Å². The van der Waals surface area contributed by atoms with E-state index in [-0.39, 0.29) is 0 Å². The summed E-state index contributed by atoms with van der Waals surface area (Å²) in [5, 5.41) is 0.725. The van der Waals surface area contributed by atoms with E-state index in [0.29, 0.717) is 22.6 Å². The third-order valence-corrected chi connectivity index (χ3v) is 5.09. The van der Waals surface area contributed by atoms with E-state index in [4.69, 9.17) is 0 Å². The molecule has 1 saturated heterocycles. The molecule has 2 nitrogen and oxygen atoms in total. The lowest BCUT2D eigenvalue weighted by Crippen LogP contribution is -2.52. The number of hydrogen-bond acceptors (Lipinski definition) is 2. The number of hydrogen-bond donors (Lipinski definition) is 0. The zero-order chi connectivity index (χ0) is 12.4. The van der Waals surface area contributed by atoms with Crippen LogP contribution in [0.2, 0.25) is 0 Å². The van der Waals surface area contributed by atoms with Gasteiger partial charge >= 0.3 is 0 Å². The summed E-state index contributed by atoms with van der Waals surface area (Å²) in [6.07, 6.45) is 7.79. The summed E-state index contributed by atoms with van der Waals surface area (Å²) in [4.78, 5) is 14.6. The summed E-state index contributed by atoms with van der Waals surface area (Å²) in [6.45, 7) is 6.44. The molecular weight excluding hydrogens is 230 g/mol. The summed E-state index contributed by atoms with van der Waals surface area (Å²) < 4.78 is 0. The van der Waals surface area contributed by atoms with E-state index in [1.165, 1.54) is 50.3 Å². The second-order valence-electron chi connectivity index (χ2n) is 5.88. The zero-order valence-electron chi connectivity index (χ0n) is 11.3. The normalized spacial score (nSPS) is 33.6. The minimum Gasteiger partial charge on any atom is -0.328 e. The second kappa shape index (κ2) is 5.64. The monoisotopic (exact) mass is 255 g/mol. The molecule has 1 aliphatic heterocycles. The first-order valence-corrected chi connectivity index (χ1v) is 7.96. The molecule has 2 fully saturated rings. The third kappa shape index (κ3) is 2.98. The Bertz CT molecular complexity index is 279. The van der Waals surface area contributed by atoms with E-state index in [9.17, 15) is 4.79 Å². The minimum atomic E-state index is 0.323. The third-order valence-electron chi connectivity index (χ3n) is 4.20. The van der Waals surface area contributed by atoms with Crippen LogP contribution in [-0.4, -0.2) is 27.5 Å². The van der Waals surface area contributed by atoms with Gasteiger partial charge in [-0.1, -0.05) is 38.5 Å². The highest BCUT2D eigenvalue weighted by atomic mass is 32.2. The molecule has 2 aliphatic rings. The zero-order valence-corrected chi connectivity index (χ0v) is 12.1. The molecule has 98 valence electrons. The Kier molecular flexibility index (Phi) is 4.40. The van der Waals surface area contributed by atoms with Crippen molar-refractivity contribution in [2.45, 2.75) is 76.6 Å². The van der Waals surface area contributed by atoms with E-state index in [0.717, 1.165) is 5.92 Å². The number of likely N-dealkylation sites (tertiary alicyclic amines) is 1. The first-order chi connectivity index (χ1) is 8.09. The van der Waals surface area contributed by atoms with Gasteiger partial charge < -0.3 is 4.90 Å². The Morgan fingerprint density at radius 3 is 2.59 bits per heavy atom. The van der Waals surface area contributed by atoms with E-state index in [2.05, 4.69) is 25.7 Å². The SMILES string of the molecule is CC(C)SC(=O)N1C(C)CCC2CCCCC21. The number of piperidine rings is 1. The summed E-state index contributed by atoms with van der Waals surface area (Å²) >= 11 is 1.51. The van der Waals surface area contributed by atoms with Gasteiger partial charge in [0.25, 0.3) is 5.24 Å². The van der Waals surface area contributed by atoms with Crippen LogP contribution in [0.3, 0.4) is 0 Å². The summed E-state index contributed by atoms with van der Waals surface area (Å²) in [5.41, 5.74) is 0. The Balaban J connectivity index is 2.07. The maximum Gasteiger partial charge on any atom is 0.282 e. The van der Waals surface area contributed by atoms with E-state index in [1.807, 2.05) is 0 Å². The predicted octanol–water partition coefficient (Wildman–Crippen LogP) is 4.29. The van der Waals surface area contributed by atoms with Crippen LogP contribution in [0, 0.1) is 5.92 Å². The van der Waals surface area contributed by atoms with E-state index in [1.54, 1.807) is 0 Å². The second-order valence-corrected chi connectivity index (χ2v) is 7.41. The van der Waals surface area contributed by atoms with Gasteiger partial charge in [-0.25, -0.2) is 0 Å². The fourth-order valence-electron chi connectivity index (χ4n) is 3.39. The Morgan fingerprint density at radius 1 is 1.18 bits per heavy atom. The van der Waals surface area contributed by atoms with Gasteiger partial charge in [-0.15, -0.1) is 0 Å². The van der Waals surface area contributed by atoms with Crippen LogP contribution < -0.4 is 0 Å². The fraction of sp³-hybridized carbons (Fsp3) is 0.929. The number of amides is 1. The summed E-state index contributed by atoms with van der Waals surface area (Å²) in [5.74, 6) is 0.789. The van der Waals surface area contributed by atoms with Crippen molar-refractivity contribution in [2.75, 3.05) is 0 Å². The number of carbonyl (C=O) groups excluding carboxylic acids is 1. The topological polar surface area (TPSA) is 20.3 Å².